The van der Waals surface area contributed by atoms with Gasteiger partial charge in [0.1, 0.15) is 18.1 Å². The first kappa shape index (κ1) is 22.4. The Balaban J connectivity index is 1.43. The maximum atomic E-state index is 11.2. The van der Waals surface area contributed by atoms with Gasteiger partial charge in [0.2, 0.25) is 0 Å². The zero-order valence-corrected chi connectivity index (χ0v) is 19.5. The number of hydrogen-bond donors (Lipinski definition) is 1. The van der Waals surface area contributed by atoms with Crippen LogP contribution in [-0.4, -0.2) is 50.2 Å². The summed E-state index contributed by atoms with van der Waals surface area (Å²) in [4.78, 5) is 16.7. The van der Waals surface area contributed by atoms with Gasteiger partial charge in [0.15, 0.2) is 11.5 Å². The Morgan fingerprint density at radius 3 is 2.74 bits per heavy atom. The van der Waals surface area contributed by atoms with Crippen molar-refractivity contribution in [2.24, 2.45) is 0 Å². The van der Waals surface area contributed by atoms with Gasteiger partial charge in [-0.3, -0.25) is 9.88 Å². The molecule has 0 aliphatic carbocycles. The number of halogens is 1. The van der Waals surface area contributed by atoms with E-state index in [-0.39, 0.29) is 6.61 Å². The zero-order chi connectivity index (χ0) is 24.5. The number of aromatic nitrogens is 5. The average molecular weight is 491 g/mol. The molecule has 1 N–H and O–H groups in total. The zero-order valence-electron chi connectivity index (χ0n) is 18.7. The Morgan fingerprint density at radius 2 is 1.97 bits per heavy atom. The van der Waals surface area contributed by atoms with Crippen LogP contribution in [0.5, 0.6) is 11.5 Å². The number of anilines is 1. The van der Waals surface area contributed by atoms with Crippen molar-refractivity contribution in [2.45, 2.75) is 6.61 Å². The standard InChI is InChI=1S/C24H19ClN6O4/c1-30(24(32)33)20-7-3-14(11-17(20)25)18-6-8-22-27-28-23(31(22)29-18)13-35-21-9-10-26-19-12-15(34-2)4-5-16(19)21/h3-12H,13H2,1-2H3,(H,32,33). The van der Waals surface area contributed by atoms with E-state index < -0.39 is 6.09 Å². The SMILES string of the molecule is COc1ccc2c(OCc3nnc4ccc(-c5ccc(N(C)C(=O)O)c(Cl)c5)nn34)ccnc2c1. The van der Waals surface area contributed by atoms with Gasteiger partial charge in [0.05, 0.1) is 29.0 Å². The molecule has 0 unspecified atom stereocenters. The minimum absolute atomic E-state index is 0.131. The fourth-order valence-corrected chi connectivity index (χ4v) is 3.92. The van der Waals surface area contributed by atoms with Crippen molar-refractivity contribution in [3.63, 3.8) is 0 Å². The van der Waals surface area contributed by atoms with Crippen molar-refractivity contribution in [2.75, 3.05) is 19.1 Å². The van der Waals surface area contributed by atoms with Gasteiger partial charge in [-0.1, -0.05) is 17.7 Å². The Bertz CT molecular complexity index is 1570. The number of ether oxygens (including phenoxy) is 2. The second kappa shape index (κ2) is 9.07. The molecule has 11 heteroatoms. The number of amides is 1. The topological polar surface area (TPSA) is 115 Å². The molecule has 0 aliphatic heterocycles. The number of rotatable bonds is 6. The number of pyridine rings is 1. The average Bonchev–Trinajstić information content (AvgIpc) is 3.28. The molecule has 10 nitrogen and oxygen atoms in total. The minimum atomic E-state index is -1.10. The van der Waals surface area contributed by atoms with Gasteiger partial charge in [0.25, 0.3) is 0 Å². The highest BCUT2D eigenvalue weighted by Crippen LogP contribution is 2.31. The summed E-state index contributed by atoms with van der Waals surface area (Å²) in [6, 6.07) is 16.0. The molecule has 5 aromatic rings. The van der Waals surface area contributed by atoms with Gasteiger partial charge >= 0.3 is 6.09 Å². The van der Waals surface area contributed by atoms with E-state index in [4.69, 9.17) is 21.1 Å². The first-order valence-electron chi connectivity index (χ1n) is 10.5. The number of carboxylic acid groups (broad SMARTS) is 1. The smallest absolute Gasteiger partial charge is 0.411 e. The first-order valence-corrected chi connectivity index (χ1v) is 10.9. The maximum absolute atomic E-state index is 11.2. The molecule has 0 saturated heterocycles. The van der Waals surface area contributed by atoms with E-state index in [9.17, 15) is 9.90 Å². The number of hydrogen-bond acceptors (Lipinski definition) is 7. The molecular formula is C24H19ClN6O4. The Labute approximate surface area is 204 Å². The number of fused-ring (bicyclic) bond motifs is 2. The van der Waals surface area contributed by atoms with Crippen LogP contribution in [0, 0.1) is 0 Å². The molecular weight excluding hydrogens is 472 g/mol. The summed E-state index contributed by atoms with van der Waals surface area (Å²) >= 11 is 6.33. The van der Waals surface area contributed by atoms with Crippen LogP contribution in [0.4, 0.5) is 10.5 Å². The predicted octanol–water partition coefficient (Wildman–Crippen LogP) is 4.69. The van der Waals surface area contributed by atoms with Crippen molar-refractivity contribution in [1.29, 1.82) is 0 Å². The summed E-state index contributed by atoms with van der Waals surface area (Å²) in [5, 5.41) is 23.4. The highest BCUT2D eigenvalue weighted by Gasteiger charge is 2.15. The third kappa shape index (κ3) is 4.26. The van der Waals surface area contributed by atoms with Crippen molar-refractivity contribution >= 4 is 39.9 Å². The molecule has 0 spiro atoms. The number of benzene rings is 2. The molecule has 5 rings (SSSR count). The largest absolute Gasteiger partial charge is 0.497 e. The number of nitrogens with zero attached hydrogens (tertiary/aromatic N) is 6. The second-order valence-corrected chi connectivity index (χ2v) is 8.00. The van der Waals surface area contributed by atoms with Gasteiger partial charge in [-0.25, -0.2) is 4.79 Å². The van der Waals surface area contributed by atoms with Gasteiger partial charge in [-0.2, -0.15) is 9.61 Å². The fourth-order valence-electron chi connectivity index (χ4n) is 3.62. The highest BCUT2D eigenvalue weighted by atomic mass is 35.5. The molecule has 0 aliphatic rings. The second-order valence-electron chi connectivity index (χ2n) is 7.59. The van der Waals surface area contributed by atoms with Crippen LogP contribution >= 0.6 is 11.6 Å². The number of methoxy groups -OCH3 is 1. The summed E-state index contributed by atoms with van der Waals surface area (Å²) in [7, 11) is 3.04. The third-order valence-corrected chi connectivity index (χ3v) is 5.79. The molecule has 35 heavy (non-hydrogen) atoms. The molecule has 0 radical (unpaired) electrons. The van der Waals surface area contributed by atoms with Crippen LogP contribution in [0.15, 0.2) is 60.8 Å². The molecule has 0 fully saturated rings. The van der Waals surface area contributed by atoms with Gasteiger partial charge in [0, 0.05) is 30.3 Å². The summed E-state index contributed by atoms with van der Waals surface area (Å²) < 4.78 is 12.9. The van der Waals surface area contributed by atoms with Crippen LogP contribution in [0.25, 0.3) is 27.8 Å². The molecule has 0 bridgehead atoms. The third-order valence-electron chi connectivity index (χ3n) is 5.49. The molecule has 2 aromatic carbocycles. The summed E-state index contributed by atoms with van der Waals surface area (Å²) in [5.74, 6) is 1.87. The summed E-state index contributed by atoms with van der Waals surface area (Å²) in [6.45, 7) is 0.131. The van der Waals surface area contributed by atoms with Crippen LogP contribution in [-0.2, 0) is 6.61 Å². The van der Waals surface area contributed by atoms with Crippen molar-refractivity contribution in [1.82, 2.24) is 24.8 Å². The van der Waals surface area contributed by atoms with Crippen LogP contribution < -0.4 is 14.4 Å². The van der Waals surface area contributed by atoms with E-state index >= 15 is 0 Å². The predicted molar refractivity (Wildman–Crippen MR) is 130 cm³/mol. The van der Waals surface area contributed by atoms with E-state index in [0.717, 1.165) is 15.8 Å². The van der Waals surface area contributed by atoms with Crippen LogP contribution in [0.3, 0.4) is 0 Å². The lowest BCUT2D eigenvalue weighted by Crippen LogP contribution is -2.23. The first-order chi connectivity index (χ1) is 16.9. The fraction of sp³-hybridized carbons (Fsp3) is 0.125. The Morgan fingerprint density at radius 1 is 1.11 bits per heavy atom. The van der Waals surface area contributed by atoms with Crippen LogP contribution in [0.1, 0.15) is 5.82 Å². The maximum Gasteiger partial charge on any atom is 0.411 e. The highest BCUT2D eigenvalue weighted by molar-refractivity contribution is 6.34. The molecule has 0 saturated carbocycles. The lowest BCUT2D eigenvalue weighted by atomic mass is 10.1. The van der Waals surface area contributed by atoms with E-state index in [2.05, 4.69) is 20.3 Å². The van der Waals surface area contributed by atoms with Gasteiger partial charge in [-0.15, -0.1) is 10.2 Å². The van der Waals surface area contributed by atoms with Crippen molar-refractivity contribution in [3.8, 4) is 22.8 Å². The monoisotopic (exact) mass is 490 g/mol. The molecule has 3 aromatic heterocycles. The molecule has 0 atom stereocenters. The van der Waals surface area contributed by atoms with E-state index in [1.807, 2.05) is 18.2 Å². The molecule has 3 heterocycles. The van der Waals surface area contributed by atoms with E-state index in [1.165, 1.54) is 7.05 Å². The quantitative estimate of drug-likeness (QED) is 0.364. The summed E-state index contributed by atoms with van der Waals surface area (Å²) in [6.07, 6.45) is 0.569. The minimum Gasteiger partial charge on any atom is -0.497 e. The molecule has 1 amide bonds. The molecule has 176 valence electrons. The lowest BCUT2D eigenvalue weighted by Gasteiger charge is -2.15. The normalized spacial score (nSPS) is 11.1. The number of carbonyl (C=O) groups is 1. The Kier molecular flexibility index (Phi) is 5.79. The Hall–Kier alpha value is -4.44. The van der Waals surface area contributed by atoms with Crippen molar-refractivity contribution in [3.05, 3.63) is 71.6 Å². The van der Waals surface area contributed by atoms with Gasteiger partial charge in [-0.05, 0) is 42.5 Å². The van der Waals surface area contributed by atoms with Gasteiger partial charge < -0.3 is 14.6 Å². The van der Waals surface area contributed by atoms with Crippen LogP contribution in [0.2, 0.25) is 5.02 Å². The van der Waals surface area contributed by atoms with E-state index in [0.29, 0.717) is 44.9 Å². The van der Waals surface area contributed by atoms with E-state index in [1.54, 1.807) is 54.2 Å². The van der Waals surface area contributed by atoms with Crippen molar-refractivity contribution < 1.29 is 19.4 Å². The lowest BCUT2D eigenvalue weighted by molar-refractivity contribution is 0.203. The summed E-state index contributed by atoms with van der Waals surface area (Å²) in [5.41, 5.74) is 3.03.